The molecular weight excluding hydrogens is 214 g/mol. The average molecular weight is 222 g/mol. The van der Waals surface area contributed by atoms with E-state index in [1.54, 1.807) is 25.4 Å². The van der Waals surface area contributed by atoms with Crippen molar-refractivity contribution in [1.82, 2.24) is 15.0 Å². The summed E-state index contributed by atoms with van der Waals surface area (Å²) in [6.07, 6.45) is 3.07. The van der Waals surface area contributed by atoms with Crippen LogP contribution in [0.2, 0.25) is 5.15 Å². The van der Waals surface area contributed by atoms with Crippen LogP contribution in [0.25, 0.3) is 11.4 Å². The maximum absolute atomic E-state index is 5.77. The van der Waals surface area contributed by atoms with Crippen molar-refractivity contribution >= 4 is 11.6 Å². The number of methoxy groups -OCH3 is 1. The highest BCUT2D eigenvalue weighted by Crippen LogP contribution is 2.25. The third-order valence-electron chi connectivity index (χ3n) is 1.87. The van der Waals surface area contributed by atoms with Crippen LogP contribution < -0.4 is 4.74 Å². The zero-order valence-corrected chi connectivity index (χ0v) is 8.77. The molecule has 0 bridgehead atoms. The summed E-state index contributed by atoms with van der Waals surface area (Å²) in [4.78, 5) is 12.1. The fourth-order valence-corrected chi connectivity index (χ4v) is 1.36. The van der Waals surface area contributed by atoms with Crippen LogP contribution in [-0.2, 0) is 0 Å². The molecule has 0 unspecified atom stereocenters. The van der Waals surface area contributed by atoms with Gasteiger partial charge < -0.3 is 4.74 Å². The third kappa shape index (κ3) is 2.05. The monoisotopic (exact) mass is 221 g/mol. The summed E-state index contributed by atoms with van der Waals surface area (Å²) in [6.45, 7) is 0. The van der Waals surface area contributed by atoms with Gasteiger partial charge in [-0.2, -0.15) is 0 Å². The Morgan fingerprint density at radius 2 is 2.13 bits per heavy atom. The highest BCUT2D eigenvalue weighted by Gasteiger charge is 2.08. The first-order chi connectivity index (χ1) is 7.31. The van der Waals surface area contributed by atoms with Gasteiger partial charge in [0.2, 0.25) is 0 Å². The molecule has 0 saturated carbocycles. The average Bonchev–Trinajstić information content (AvgIpc) is 2.29. The van der Waals surface area contributed by atoms with E-state index in [2.05, 4.69) is 15.0 Å². The van der Waals surface area contributed by atoms with Crippen LogP contribution >= 0.6 is 11.6 Å². The lowest BCUT2D eigenvalue weighted by Gasteiger charge is -2.05. The van der Waals surface area contributed by atoms with E-state index >= 15 is 0 Å². The second kappa shape index (κ2) is 4.23. The second-order valence-electron chi connectivity index (χ2n) is 2.78. The van der Waals surface area contributed by atoms with Gasteiger partial charge in [-0.1, -0.05) is 11.6 Å². The summed E-state index contributed by atoms with van der Waals surface area (Å²) in [5.41, 5.74) is 1.30. The van der Waals surface area contributed by atoms with Crippen LogP contribution in [0.3, 0.4) is 0 Å². The minimum atomic E-state index is 0.382. The fourth-order valence-electron chi connectivity index (χ4n) is 1.21. The number of hydrogen-bond donors (Lipinski definition) is 0. The molecule has 0 N–H and O–H groups in total. The molecule has 0 saturated heterocycles. The number of ether oxygens (including phenoxy) is 1. The number of halogens is 1. The molecule has 2 rings (SSSR count). The first-order valence-corrected chi connectivity index (χ1v) is 4.66. The summed E-state index contributed by atoms with van der Waals surface area (Å²) in [7, 11) is 1.59. The van der Waals surface area contributed by atoms with E-state index in [1.165, 1.54) is 6.33 Å². The molecule has 76 valence electrons. The molecule has 0 aromatic carbocycles. The molecule has 0 fully saturated rings. The largest absolute Gasteiger partial charge is 0.494 e. The lowest BCUT2D eigenvalue weighted by atomic mass is 10.2. The zero-order chi connectivity index (χ0) is 10.7. The van der Waals surface area contributed by atoms with Crippen molar-refractivity contribution in [3.05, 3.63) is 35.9 Å². The van der Waals surface area contributed by atoms with Crippen molar-refractivity contribution in [3.63, 3.8) is 0 Å². The van der Waals surface area contributed by atoms with Gasteiger partial charge in [0.1, 0.15) is 22.9 Å². The molecule has 0 radical (unpaired) electrons. The highest BCUT2D eigenvalue weighted by atomic mass is 35.5. The number of nitrogens with zero attached hydrogens (tertiary/aromatic N) is 3. The summed E-state index contributed by atoms with van der Waals surface area (Å²) in [6, 6.07) is 5.26. The van der Waals surface area contributed by atoms with E-state index in [-0.39, 0.29) is 0 Å². The van der Waals surface area contributed by atoms with E-state index in [4.69, 9.17) is 16.3 Å². The Bertz CT molecular complexity index is 476. The van der Waals surface area contributed by atoms with Gasteiger partial charge >= 0.3 is 0 Å². The van der Waals surface area contributed by atoms with E-state index < -0.39 is 0 Å². The van der Waals surface area contributed by atoms with Gasteiger partial charge in [-0.25, -0.2) is 9.97 Å². The summed E-state index contributed by atoms with van der Waals surface area (Å²) in [5.74, 6) is 0.660. The van der Waals surface area contributed by atoms with Crippen molar-refractivity contribution in [2.45, 2.75) is 0 Å². The smallest absolute Gasteiger partial charge is 0.146 e. The molecule has 5 heteroatoms. The van der Waals surface area contributed by atoms with Crippen LogP contribution in [0.1, 0.15) is 0 Å². The quantitative estimate of drug-likeness (QED) is 0.730. The molecular formula is C10H8ClN3O. The lowest BCUT2D eigenvalue weighted by Crippen LogP contribution is -1.93. The number of rotatable bonds is 2. The predicted octanol–water partition coefficient (Wildman–Crippen LogP) is 2.20. The van der Waals surface area contributed by atoms with E-state index in [0.29, 0.717) is 22.3 Å². The predicted molar refractivity (Wildman–Crippen MR) is 56.8 cm³/mol. The van der Waals surface area contributed by atoms with Gasteiger partial charge in [-0.05, 0) is 12.1 Å². The molecule has 15 heavy (non-hydrogen) atoms. The Kier molecular flexibility index (Phi) is 2.78. The summed E-state index contributed by atoms with van der Waals surface area (Å²) >= 11 is 5.77. The summed E-state index contributed by atoms with van der Waals surface area (Å²) in [5, 5.41) is 0.382. The maximum atomic E-state index is 5.77. The zero-order valence-electron chi connectivity index (χ0n) is 8.01. The molecule has 0 amide bonds. The Labute approximate surface area is 91.9 Å². The maximum Gasteiger partial charge on any atom is 0.146 e. The SMILES string of the molecule is COc1cccnc1-c1cc(Cl)ncn1. The molecule has 0 aliphatic heterocycles. The third-order valence-corrected chi connectivity index (χ3v) is 2.07. The fraction of sp³-hybridized carbons (Fsp3) is 0.100. The minimum Gasteiger partial charge on any atom is -0.494 e. The minimum absolute atomic E-state index is 0.382. The van der Waals surface area contributed by atoms with Crippen LogP contribution in [0.5, 0.6) is 5.75 Å². The topological polar surface area (TPSA) is 47.9 Å². The van der Waals surface area contributed by atoms with Crippen molar-refractivity contribution in [2.24, 2.45) is 0 Å². The Morgan fingerprint density at radius 1 is 1.27 bits per heavy atom. The molecule has 4 nitrogen and oxygen atoms in total. The molecule has 0 aliphatic rings. The molecule has 2 heterocycles. The van der Waals surface area contributed by atoms with Crippen molar-refractivity contribution in [2.75, 3.05) is 7.11 Å². The molecule has 2 aromatic rings. The number of aromatic nitrogens is 3. The first kappa shape index (κ1) is 9.86. The van der Waals surface area contributed by atoms with Crippen LogP contribution in [0.4, 0.5) is 0 Å². The van der Waals surface area contributed by atoms with Crippen molar-refractivity contribution in [3.8, 4) is 17.1 Å². The number of pyridine rings is 1. The number of hydrogen-bond acceptors (Lipinski definition) is 4. The Hall–Kier alpha value is -1.68. The van der Waals surface area contributed by atoms with Gasteiger partial charge in [-0.15, -0.1) is 0 Å². The Balaban J connectivity index is 2.53. The molecule has 2 aromatic heterocycles. The van der Waals surface area contributed by atoms with Crippen LogP contribution in [0, 0.1) is 0 Å². The van der Waals surface area contributed by atoms with Crippen molar-refractivity contribution < 1.29 is 4.74 Å². The van der Waals surface area contributed by atoms with Crippen LogP contribution in [0.15, 0.2) is 30.7 Å². The highest BCUT2D eigenvalue weighted by molar-refractivity contribution is 6.29. The van der Waals surface area contributed by atoms with Gasteiger partial charge in [0, 0.05) is 12.3 Å². The first-order valence-electron chi connectivity index (χ1n) is 4.28. The second-order valence-corrected chi connectivity index (χ2v) is 3.17. The molecule has 0 spiro atoms. The molecule has 0 atom stereocenters. The Morgan fingerprint density at radius 3 is 2.87 bits per heavy atom. The summed E-state index contributed by atoms with van der Waals surface area (Å²) < 4.78 is 5.17. The van der Waals surface area contributed by atoms with Gasteiger partial charge in [0.15, 0.2) is 0 Å². The van der Waals surface area contributed by atoms with E-state index in [0.717, 1.165) is 0 Å². The van der Waals surface area contributed by atoms with Crippen LogP contribution in [-0.4, -0.2) is 22.1 Å². The van der Waals surface area contributed by atoms with Gasteiger partial charge in [0.05, 0.1) is 12.8 Å². The van der Waals surface area contributed by atoms with Gasteiger partial charge in [-0.3, -0.25) is 4.98 Å². The van der Waals surface area contributed by atoms with Gasteiger partial charge in [0.25, 0.3) is 0 Å². The normalized spacial score (nSPS) is 10.0. The lowest BCUT2D eigenvalue weighted by molar-refractivity contribution is 0.414. The standard InChI is InChI=1S/C10H8ClN3O/c1-15-8-3-2-4-12-10(8)7-5-9(11)14-6-13-7/h2-6H,1H3. The van der Waals surface area contributed by atoms with E-state index in [1.807, 2.05) is 6.07 Å². The molecule has 0 aliphatic carbocycles. The van der Waals surface area contributed by atoms with Crippen molar-refractivity contribution in [1.29, 1.82) is 0 Å². The van der Waals surface area contributed by atoms with E-state index in [9.17, 15) is 0 Å².